The molecule has 2 heteroatoms. The van der Waals surface area contributed by atoms with E-state index in [1.165, 1.54) is 31.4 Å². The van der Waals surface area contributed by atoms with Crippen molar-refractivity contribution in [2.45, 2.75) is 38.6 Å². The third kappa shape index (κ3) is 8.21. The second-order valence-electron chi connectivity index (χ2n) is 3.03. The van der Waals surface area contributed by atoms with E-state index in [4.69, 9.17) is 0 Å². The van der Waals surface area contributed by atoms with Gasteiger partial charge in [0.25, 0.3) is 0 Å². The topological polar surface area (TPSA) is 12.0 Å². The van der Waals surface area contributed by atoms with E-state index < -0.39 is 0 Å². The molecular weight excluding hydrogens is 154 g/mol. The van der Waals surface area contributed by atoms with Crippen LogP contribution in [-0.4, -0.2) is 25.1 Å². The van der Waals surface area contributed by atoms with Crippen molar-refractivity contribution in [1.29, 1.82) is 0 Å². The van der Waals surface area contributed by atoms with Gasteiger partial charge in [-0.15, -0.1) is 0 Å². The Hall–Kier alpha value is 0.310. The molecule has 1 nitrogen and oxygen atoms in total. The van der Waals surface area contributed by atoms with Crippen LogP contribution in [0, 0.1) is 0 Å². The summed E-state index contributed by atoms with van der Waals surface area (Å²) < 4.78 is 0. The number of hydrogen-bond donors (Lipinski definition) is 1. The number of hydrogen-bond acceptors (Lipinski definition) is 2. The van der Waals surface area contributed by atoms with Crippen molar-refractivity contribution >= 4 is 11.8 Å². The van der Waals surface area contributed by atoms with E-state index in [0.717, 1.165) is 0 Å². The Balaban J connectivity index is 2.89. The smallest absolute Gasteiger partial charge is 0.00357 e. The van der Waals surface area contributed by atoms with Crippen LogP contribution in [0.2, 0.25) is 0 Å². The summed E-state index contributed by atoms with van der Waals surface area (Å²) >= 11 is 1.95. The van der Waals surface area contributed by atoms with Crippen LogP contribution in [0.1, 0.15) is 32.6 Å². The van der Waals surface area contributed by atoms with E-state index in [-0.39, 0.29) is 0 Å². The number of thioether (sulfide) groups is 1. The highest BCUT2D eigenvalue weighted by atomic mass is 32.2. The van der Waals surface area contributed by atoms with E-state index in [1.54, 1.807) is 0 Å². The van der Waals surface area contributed by atoms with Crippen LogP contribution in [0.4, 0.5) is 0 Å². The number of nitrogens with one attached hydrogen (secondary N) is 1. The van der Waals surface area contributed by atoms with Gasteiger partial charge in [0.05, 0.1) is 0 Å². The van der Waals surface area contributed by atoms with Crippen molar-refractivity contribution in [3.05, 3.63) is 0 Å². The highest BCUT2D eigenvalue weighted by Gasteiger charge is 1.96. The monoisotopic (exact) mass is 175 g/mol. The average Bonchev–Trinajstić information content (AvgIpc) is 2.04. The molecule has 0 rings (SSSR count). The quantitative estimate of drug-likeness (QED) is 0.597. The molecule has 1 atom stereocenters. The lowest BCUT2D eigenvalue weighted by molar-refractivity contribution is 0.526. The maximum atomic E-state index is 3.25. The Bertz CT molecular complexity index is 76.0. The first-order valence-electron chi connectivity index (χ1n) is 4.47. The van der Waals surface area contributed by atoms with Crippen LogP contribution in [0.15, 0.2) is 0 Å². The molecular formula is C9H21NS. The first-order valence-corrected chi connectivity index (χ1v) is 5.87. The highest BCUT2D eigenvalue weighted by molar-refractivity contribution is 7.98. The molecule has 0 aromatic heterocycles. The summed E-state index contributed by atoms with van der Waals surface area (Å²) in [6, 6.07) is 0.698. The molecule has 0 aromatic rings. The molecule has 0 heterocycles. The SMILES string of the molecule is CNC(C)CCCCCSC. The van der Waals surface area contributed by atoms with Gasteiger partial charge in [0.15, 0.2) is 0 Å². The summed E-state index contributed by atoms with van der Waals surface area (Å²) in [4.78, 5) is 0. The van der Waals surface area contributed by atoms with Gasteiger partial charge in [-0.3, -0.25) is 0 Å². The zero-order chi connectivity index (χ0) is 8.53. The van der Waals surface area contributed by atoms with Crippen molar-refractivity contribution in [1.82, 2.24) is 5.32 Å². The lowest BCUT2D eigenvalue weighted by Crippen LogP contribution is -2.20. The molecule has 0 fully saturated rings. The number of rotatable bonds is 7. The fraction of sp³-hybridized carbons (Fsp3) is 1.00. The van der Waals surface area contributed by atoms with Gasteiger partial charge in [0.1, 0.15) is 0 Å². The fourth-order valence-corrected chi connectivity index (χ4v) is 1.51. The molecule has 0 amide bonds. The summed E-state index contributed by atoms with van der Waals surface area (Å²) in [6.45, 7) is 2.24. The standard InChI is InChI=1S/C9H21NS/c1-9(10-2)7-5-4-6-8-11-3/h9-10H,4-8H2,1-3H3. The molecule has 0 spiro atoms. The molecule has 68 valence electrons. The fourth-order valence-electron chi connectivity index (χ4n) is 1.02. The van der Waals surface area contributed by atoms with E-state index in [1.807, 2.05) is 18.8 Å². The molecule has 0 aliphatic rings. The molecule has 1 N–H and O–H groups in total. The van der Waals surface area contributed by atoms with Crippen LogP contribution in [0.25, 0.3) is 0 Å². The molecule has 0 radical (unpaired) electrons. The third-order valence-corrected chi connectivity index (χ3v) is 2.68. The maximum absolute atomic E-state index is 3.25. The van der Waals surface area contributed by atoms with E-state index in [9.17, 15) is 0 Å². The Morgan fingerprint density at radius 1 is 1.27 bits per heavy atom. The van der Waals surface area contributed by atoms with Gasteiger partial charge < -0.3 is 5.32 Å². The summed E-state index contributed by atoms with van der Waals surface area (Å²) in [6.07, 6.45) is 7.66. The van der Waals surface area contributed by atoms with Gasteiger partial charge in [0.2, 0.25) is 0 Å². The number of unbranched alkanes of at least 4 members (excludes halogenated alkanes) is 2. The predicted octanol–water partition coefficient (Wildman–Crippen LogP) is 2.52. The zero-order valence-electron chi connectivity index (χ0n) is 8.02. The van der Waals surface area contributed by atoms with Gasteiger partial charge >= 0.3 is 0 Å². The summed E-state index contributed by atoms with van der Waals surface area (Å²) in [7, 11) is 2.03. The largest absolute Gasteiger partial charge is 0.317 e. The molecule has 0 saturated heterocycles. The molecule has 0 aromatic carbocycles. The minimum absolute atomic E-state index is 0.698. The summed E-state index contributed by atoms with van der Waals surface area (Å²) in [5.41, 5.74) is 0. The summed E-state index contributed by atoms with van der Waals surface area (Å²) in [5.74, 6) is 1.33. The third-order valence-electron chi connectivity index (χ3n) is 1.98. The Labute approximate surface area is 75.3 Å². The minimum atomic E-state index is 0.698. The van der Waals surface area contributed by atoms with Gasteiger partial charge in [-0.25, -0.2) is 0 Å². The Morgan fingerprint density at radius 3 is 2.55 bits per heavy atom. The van der Waals surface area contributed by atoms with Gasteiger partial charge in [0, 0.05) is 6.04 Å². The predicted molar refractivity (Wildman–Crippen MR) is 55.4 cm³/mol. The van der Waals surface area contributed by atoms with Gasteiger partial charge in [-0.1, -0.05) is 12.8 Å². The van der Waals surface area contributed by atoms with E-state index in [0.29, 0.717) is 6.04 Å². The van der Waals surface area contributed by atoms with Crippen LogP contribution >= 0.6 is 11.8 Å². The summed E-state index contributed by atoms with van der Waals surface area (Å²) in [5, 5.41) is 3.25. The molecule has 0 aliphatic heterocycles. The Morgan fingerprint density at radius 2 is 2.00 bits per heavy atom. The van der Waals surface area contributed by atoms with Crippen LogP contribution < -0.4 is 5.32 Å². The second-order valence-corrected chi connectivity index (χ2v) is 4.02. The average molecular weight is 175 g/mol. The first kappa shape index (κ1) is 11.3. The van der Waals surface area contributed by atoms with Gasteiger partial charge in [-0.2, -0.15) is 11.8 Å². The van der Waals surface area contributed by atoms with Crippen molar-refractivity contribution in [3.8, 4) is 0 Å². The maximum Gasteiger partial charge on any atom is 0.00357 e. The lowest BCUT2D eigenvalue weighted by atomic mass is 10.1. The zero-order valence-corrected chi connectivity index (χ0v) is 8.84. The highest BCUT2D eigenvalue weighted by Crippen LogP contribution is 2.06. The normalized spacial score (nSPS) is 13.4. The van der Waals surface area contributed by atoms with Crippen molar-refractivity contribution < 1.29 is 0 Å². The molecule has 0 aliphatic carbocycles. The van der Waals surface area contributed by atoms with Crippen LogP contribution in [-0.2, 0) is 0 Å². The first-order chi connectivity index (χ1) is 5.31. The second kappa shape index (κ2) is 8.41. The lowest BCUT2D eigenvalue weighted by Gasteiger charge is -2.08. The van der Waals surface area contributed by atoms with Crippen molar-refractivity contribution in [2.75, 3.05) is 19.1 Å². The van der Waals surface area contributed by atoms with E-state index >= 15 is 0 Å². The van der Waals surface area contributed by atoms with Crippen molar-refractivity contribution in [3.63, 3.8) is 0 Å². The van der Waals surface area contributed by atoms with Gasteiger partial charge in [-0.05, 0) is 38.8 Å². The Kier molecular flexibility index (Phi) is 8.64. The van der Waals surface area contributed by atoms with Crippen LogP contribution in [0.3, 0.4) is 0 Å². The molecule has 11 heavy (non-hydrogen) atoms. The van der Waals surface area contributed by atoms with E-state index in [2.05, 4.69) is 18.5 Å². The minimum Gasteiger partial charge on any atom is -0.317 e. The molecule has 0 saturated carbocycles. The molecule has 0 bridgehead atoms. The molecule has 1 unspecified atom stereocenters. The van der Waals surface area contributed by atoms with Crippen LogP contribution in [0.5, 0.6) is 0 Å². The van der Waals surface area contributed by atoms with Crippen molar-refractivity contribution in [2.24, 2.45) is 0 Å².